The largest absolute Gasteiger partial charge is 0.316 e. The predicted molar refractivity (Wildman–Crippen MR) is 219 cm³/mol. The van der Waals surface area contributed by atoms with E-state index in [4.69, 9.17) is 0 Å². The molecular weight excluding hydrogens is 617 g/mol. The van der Waals surface area contributed by atoms with Crippen LogP contribution in [0.4, 0.5) is 0 Å². The van der Waals surface area contributed by atoms with Gasteiger partial charge in [0.25, 0.3) is 0 Å². The molecule has 0 atom stereocenters. The van der Waals surface area contributed by atoms with Gasteiger partial charge in [0.15, 0.2) is 0 Å². The first kappa shape index (κ1) is 30.4. The molecule has 0 spiro atoms. The van der Waals surface area contributed by atoms with Gasteiger partial charge in [-0.3, -0.25) is 0 Å². The Morgan fingerprint density at radius 1 is 0.529 bits per heavy atom. The Balaban J connectivity index is 1.26. The van der Waals surface area contributed by atoms with Crippen LogP contribution < -0.4 is 0 Å². The van der Waals surface area contributed by atoms with Gasteiger partial charge in [-0.15, -0.1) is 0 Å². The normalized spacial score (nSPS) is 12.3. The Bertz CT molecular complexity index is 2790. The molecule has 0 aliphatic heterocycles. The molecule has 0 aliphatic rings. The molecular formula is C49H36N2. The van der Waals surface area contributed by atoms with Gasteiger partial charge in [-0.25, -0.2) is 0 Å². The standard InChI is InChI=1S/C49H36N2/c1-34(36-16-6-3-7-17-36)30-41(31-35(2)37-18-8-4-9-19-37)51-47-25-15-14-23-43(47)46-32-38(26-27-48(46)51)45-33-39-28-29-50(40-20-10-5-11-21-40)49(39)44-24-13-12-22-42(44)45/h3-33H,1H2,2H3/b35-31+,41-30+. The molecule has 0 unspecified atom stereocenters. The third-order valence-corrected chi connectivity index (χ3v) is 10.0. The van der Waals surface area contributed by atoms with E-state index < -0.39 is 0 Å². The molecule has 242 valence electrons. The van der Waals surface area contributed by atoms with Crippen LogP contribution in [0.3, 0.4) is 0 Å². The lowest BCUT2D eigenvalue weighted by Crippen LogP contribution is -1.97. The third-order valence-electron chi connectivity index (χ3n) is 10.0. The van der Waals surface area contributed by atoms with Crippen LogP contribution in [0.25, 0.3) is 77.1 Å². The Labute approximate surface area is 298 Å². The second kappa shape index (κ2) is 12.7. The summed E-state index contributed by atoms with van der Waals surface area (Å²) in [4.78, 5) is 0. The lowest BCUT2D eigenvalue weighted by molar-refractivity contribution is 1.13. The molecule has 2 heteroatoms. The SMILES string of the molecule is C=C(/C=C(\C=C(/C)c1ccccc1)n1c2ccccc2c2cc(-c3cc4ccn(-c5ccccc5)c4c4ccccc34)ccc21)c1ccccc1. The van der Waals surface area contributed by atoms with Crippen LogP contribution in [0, 0.1) is 0 Å². The van der Waals surface area contributed by atoms with Crippen molar-refractivity contribution < 1.29 is 0 Å². The van der Waals surface area contributed by atoms with E-state index in [1.807, 2.05) is 6.07 Å². The van der Waals surface area contributed by atoms with Gasteiger partial charge < -0.3 is 9.13 Å². The summed E-state index contributed by atoms with van der Waals surface area (Å²) in [6, 6.07) is 60.7. The van der Waals surface area contributed by atoms with E-state index in [0.29, 0.717) is 0 Å². The molecule has 2 aromatic heterocycles. The zero-order valence-electron chi connectivity index (χ0n) is 28.5. The van der Waals surface area contributed by atoms with Gasteiger partial charge in [0.05, 0.1) is 16.6 Å². The van der Waals surface area contributed by atoms with Crippen molar-refractivity contribution in [2.75, 3.05) is 0 Å². The minimum atomic E-state index is 0.965. The number of hydrogen-bond donors (Lipinski definition) is 0. The van der Waals surface area contributed by atoms with Gasteiger partial charge in [0, 0.05) is 39.1 Å². The molecule has 51 heavy (non-hydrogen) atoms. The van der Waals surface area contributed by atoms with Crippen LogP contribution in [0.15, 0.2) is 195 Å². The van der Waals surface area contributed by atoms with Crippen molar-refractivity contribution >= 4 is 60.3 Å². The lowest BCUT2D eigenvalue weighted by Gasteiger charge is -2.14. The second-order valence-corrected chi connectivity index (χ2v) is 13.2. The summed E-state index contributed by atoms with van der Waals surface area (Å²) in [5, 5.41) is 6.15. The van der Waals surface area contributed by atoms with E-state index in [9.17, 15) is 0 Å². The summed E-state index contributed by atoms with van der Waals surface area (Å²) < 4.78 is 4.71. The monoisotopic (exact) mass is 652 g/mol. The van der Waals surface area contributed by atoms with Crippen molar-refractivity contribution in [3.05, 3.63) is 206 Å². The van der Waals surface area contributed by atoms with Gasteiger partial charge in [0.2, 0.25) is 0 Å². The molecule has 0 N–H and O–H groups in total. The molecule has 2 nitrogen and oxygen atoms in total. The summed E-state index contributed by atoms with van der Waals surface area (Å²) in [6.45, 7) is 6.71. The van der Waals surface area contributed by atoms with E-state index in [1.54, 1.807) is 0 Å². The number of hydrogen-bond acceptors (Lipinski definition) is 0. The number of para-hydroxylation sites is 2. The van der Waals surface area contributed by atoms with Crippen LogP contribution in [-0.4, -0.2) is 9.13 Å². The van der Waals surface area contributed by atoms with Crippen LogP contribution in [0.5, 0.6) is 0 Å². The highest BCUT2D eigenvalue weighted by atomic mass is 15.0. The third kappa shape index (κ3) is 5.39. The zero-order valence-corrected chi connectivity index (χ0v) is 28.5. The van der Waals surface area contributed by atoms with Crippen LogP contribution in [0.1, 0.15) is 18.1 Å². The average Bonchev–Trinajstić information content (AvgIpc) is 3.78. The topological polar surface area (TPSA) is 9.86 Å². The maximum absolute atomic E-state index is 4.52. The number of nitrogens with zero attached hydrogens (tertiary/aromatic N) is 2. The van der Waals surface area contributed by atoms with Gasteiger partial charge in [0.1, 0.15) is 0 Å². The number of aromatic nitrogens is 2. The molecule has 0 aliphatic carbocycles. The summed E-state index contributed by atoms with van der Waals surface area (Å²) in [6.07, 6.45) is 6.71. The van der Waals surface area contributed by atoms with Gasteiger partial charge >= 0.3 is 0 Å². The Morgan fingerprint density at radius 3 is 1.88 bits per heavy atom. The summed E-state index contributed by atoms with van der Waals surface area (Å²) >= 11 is 0. The van der Waals surface area contributed by atoms with E-state index in [1.165, 1.54) is 54.7 Å². The zero-order chi connectivity index (χ0) is 34.3. The number of rotatable bonds is 7. The fourth-order valence-corrected chi connectivity index (χ4v) is 7.56. The highest BCUT2D eigenvalue weighted by Crippen LogP contribution is 2.40. The van der Waals surface area contributed by atoms with Gasteiger partial charge in [-0.2, -0.15) is 0 Å². The summed E-state index contributed by atoms with van der Waals surface area (Å²) in [7, 11) is 0. The van der Waals surface area contributed by atoms with Crippen molar-refractivity contribution in [3.8, 4) is 16.8 Å². The smallest absolute Gasteiger partial charge is 0.0607 e. The van der Waals surface area contributed by atoms with Crippen LogP contribution in [-0.2, 0) is 0 Å². The van der Waals surface area contributed by atoms with Crippen molar-refractivity contribution in [2.45, 2.75) is 6.92 Å². The van der Waals surface area contributed by atoms with E-state index in [2.05, 4.69) is 205 Å². The van der Waals surface area contributed by atoms with Crippen molar-refractivity contribution in [2.24, 2.45) is 0 Å². The van der Waals surface area contributed by atoms with Crippen molar-refractivity contribution in [1.29, 1.82) is 0 Å². The quantitative estimate of drug-likeness (QED) is 0.152. The first-order valence-corrected chi connectivity index (χ1v) is 17.5. The molecule has 0 amide bonds. The maximum atomic E-state index is 4.52. The summed E-state index contributed by atoms with van der Waals surface area (Å²) in [5.41, 5.74) is 12.7. The predicted octanol–water partition coefficient (Wildman–Crippen LogP) is 13.2. The van der Waals surface area contributed by atoms with Crippen LogP contribution >= 0.6 is 0 Å². The average molecular weight is 653 g/mol. The van der Waals surface area contributed by atoms with Gasteiger partial charge in [-0.1, -0.05) is 134 Å². The number of allylic oxidation sites excluding steroid dienone is 5. The fraction of sp³-hybridized carbons (Fsp3) is 0.0204. The first-order chi connectivity index (χ1) is 25.1. The fourth-order valence-electron chi connectivity index (χ4n) is 7.56. The molecule has 2 heterocycles. The Hall–Kier alpha value is -6.64. The molecule has 7 aromatic carbocycles. The molecule has 0 saturated carbocycles. The minimum absolute atomic E-state index is 0.965. The lowest BCUT2D eigenvalue weighted by atomic mass is 9.95. The Morgan fingerprint density at radius 2 is 1.14 bits per heavy atom. The molecule has 0 fully saturated rings. The van der Waals surface area contributed by atoms with Crippen LogP contribution in [0.2, 0.25) is 0 Å². The first-order valence-electron chi connectivity index (χ1n) is 17.5. The second-order valence-electron chi connectivity index (χ2n) is 13.2. The molecule has 9 aromatic rings. The maximum Gasteiger partial charge on any atom is 0.0607 e. The summed E-state index contributed by atoms with van der Waals surface area (Å²) in [5.74, 6) is 0. The van der Waals surface area contributed by atoms with Crippen molar-refractivity contribution in [3.63, 3.8) is 0 Å². The minimum Gasteiger partial charge on any atom is -0.316 e. The highest BCUT2D eigenvalue weighted by Gasteiger charge is 2.17. The van der Waals surface area contributed by atoms with E-state index in [0.717, 1.165) is 33.6 Å². The van der Waals surface area contributed by atoms with E-state index in [-0.39, 0.29) is 0 Å². The molecule has 0 saturated heterocycles. The number of benzene rings is 7. The number of fused-ring (bicyclic) bond motifs is 6. The molecule has 0 bridgehead atoms. The van der Waals surface area contributed by atoms with E-state index >= 15 is 0 Å². The molecule has 0 radical (unpaired) electrons. The highest BCUT2D eigenvalue weighted by molar-refractivity contribution is 6.16. The Kier molecular flexibility index (Phi) is 7.56. The van der Waals surface area contributed by atoms with Crippen molar-refractivity contribution in [1.82, 2.24) is 9.13 Å². The molecule has 9 rings (SSSR count). The van der Waals surface area contributed by atoms with Gasteiger partial charge in [-0.05, 0) is 100 Å².